The van der Waals surface area contributed by atoms with Crippen LogP contribution < -0.4 is 9.80 Å². The van der Waals surface area contributed by atoms with E-state index in [0.717, 1.165) is 23.5 Å². The van der Waals surface area contributed by atoms with Crippen LogP contribution in [0.2, 0.25) is 0 Å². The van der Waals surface area contributed by atoms with E-state index in [1.165, 1.54) is 0 Å². The summed E-state index contributed by atoms with van der Waals surface area (Å²) >= 11 is 0. The van der Waals surface area contributed by atoms with Crippen molar-refractivity contribution in [3.8, 4) is 5.75 Å². The molecule has 2 rings (SSSR count). The van der Waals surface area contributed by atoms with Gasteiger partial charge < -0.3 is 4.74 Å². The van der Waals surface area contributed by atoms with Crippen molar-refractivity contribution in [1.29, 1.82) is 0 Å². The molecule has 0 spiro atoms. The zero-order valence-corrected chi connectivity index (χ0v) is 11.7. The summed E-state index contributed by atoms with van der Waals surface area (Å²) in [6.07, 6.45) is 2.65. The fourth-order valence-electron chi connectivity index (χ4n) is 1.81. The van der Waals surface area contributed by atoms with Gasteiger partial charge >= 0.3 is 0 Å². The molecule has 104 valence electrons. The summed E-state index contributed by atoms with van der Waals surface area (Å²) in [6.45, 7) is 4.30. The van der Waals surface area contributed by atoms with Gasteiger partial charge in [-0.25, -0.2) is 5.06 Å². The Bertz CT molecular complexity index is 522. The predicted octanol–water partition coefficient (Wildman–Crippen LogP) is 4.34. The number of rotatable bonds is 7. The van der Waals surface area contributed by atoms with Gasteiger partial charge in [-0.1, -0.05) is 24.3 Å². The molecular formula is C17H19NO2. The van der Waals surface area contributed by atoms with Crippen LogP contribution in [0.1, 0.15) is 6.42 Å². The summed E-state index contributed by atoms with van der Waals surface area (Å²) in [4.78, 5) is 5.85. The van der Waals surface area contributed by atoms with Crippen molar-refractivity contribution in [2.24, 2.45) is 0 Å². The fourth-order valence-corrected chi connectivity index (χ4v) is 1.81. The topological polar surface area (TPSA) is 21.7 Å². The average molecular weight is 269 g/mol. The average Bonchev–Trinajstić information content (AvgIpc) is 2.53. The fraction of sp³-hybridized carbons (Fsp3) is 0.176. The Morgan fingerprint density at radius 2 is 1.65 bits per heavy atom. The molecule has 0 aromatic heterocycles. The molecule has 0 N–H and O–H groups in total. The second-order valence-corrected chi connectivity index (χ2v) is 4.24. The summed E-state index contributed by atoms with van der Waals surface area (Å²) in [5.74, 6) is 0.827. The van der Waals surface area contributed by atoms with E-state index in [-0.39, 0.29) is 0 Å². The highest BCUT2D eigenvalue weighted by atomic mass is 16.7. The normalized spacial score (nSPS) is 10.1. The van der Waals surface area contributed by atoms with E-state index in [4.69, 9.17) is 9.57 Å². The van der Waals surface area contributed by atoms with Crippen LogP contribution in [0.4, 0.5) is 11.4 Å². The minimum absolute atomic E-state index is 0.588. The molecule has 0 radical (unpaired) electrons. The van der Waals surface area contributed by atoms with Crippen molar-refractivity contribution in [2.45, 2.75) is 6.42 Å². The minimum atomic E-state index is 0.588. The smallest absolute Gasteiger partial charge is 0.119 e. The van der Waals surface area contributed by atoms with E-state index in [0.29, 0.717) is 6.61 Å². The maximum atomic E-state index is 5.85. The first-order valence-corrected chi connectivity index (χ1v) is 6.58. The van der Waals surface area contributed by atoms with Crippen molar-refractivity contribution in [3.05, 3.63) is 67.3 Å². The Hall–Kier alpha value is -2.26. The van der Waals surface area contributed by atoms with E-state index in [1.807, 2.05) is 65.7 Å². The molecule has 20 heavy (non-hydrogen) atoms. The number of hydrogen-bond donors (Lipinski definition) is 0. The van der Waals surface area contributed by atoms with E-state index in [2.05, 4.69) is 6.58 Å². The van der Waals surface area contributed by atoms with Crippen LogP contribution >= 0.6 is 0 Å². The second kappa shape index (κ2) is 7.36. The second-order valence-electron chi connectivity index (χ2n) is 4.24. The lowest BCUT2D eigenvalue weighted by Gasteiger charge is -2.24. The van der Waals surface area contributed by atoms with Gasteiger partial charge in [0.05, 0.1) is 25.1 Å². The molecule has 3 heteroatoms. The van der Waals surface area contributed by atoms with Gasteiger partial charge in [0.1, 0.15) is 5.75 Å². The van der Waals surface area contributed by atoms with Gasteiger partial charge in [-0.15, -0.1) is 6.58 Å². The summed E-state index contributed by atoms with van der Waals surface area (Å²) < 4.78 is 5.18. The first kappa shape index (κ1) is 14.2. The van der Waals surface area contributed by atoms with Gasteiger partial charge in [0.2, 0.25) is 0 Å². The van der Waals surface area contributed by atoms with Crippen LogP contribution in [0.25, 0.3) is 0 Å². The summed E-state index contributed by atoms with van der Waals surface area (Å²) in [7, 11) is 1.66. The van der Waals surface area contributed by atoms with Gasteiger partial charge in [0.15, 0.2) is 0 Å². The lowest BCUT2D eigenvalue weighted by molar-refractivity contribution is 0.140. The zero-order valence-electron chi connectivity index (χ0n) is 11.7. The Kier molecular flexibility index (Phi) is 5.21. The number of anilines is 2. The van der Waals surface area contributed by atoms with Gasteiger partial charge in [0.25, 0.3) is 0 Å². The number of ether oxygens (including phenoxy) is 1. The SMILES string of the molecule is C=CCCON(c1ccccc1)c1ccc(OC)cc1. The van der Waals surface area contributed by atoms with Gasteiger partial charge in [-0.2, -0.15) is 0 Å². The van der Waals surface area contributed by atoms with Crippen molar-refractivity contribution in [3.63, 3.8) is 0 Å². The number of benzene rings is 2. The van der Waals surface area contributed by atoms with Crippen molar-refractivity contribution >= 4 is 11.4 Å². The third-order valence-electron chi connectivity index (χ3n) is 2.84. The molecule has 0 aliphatic rings. The molecule has 0 fully saturated rings. The number of methoxy groups -OCH3 is 1. The zero-order chi connectivity index (χ0) is 14.2. The van der Waals surface area contributed by atoms with E-state index in [9.17, 15) is 0 Å². The minimum Gasteiger partial charge on any atom is -0.497 e. The molecule has 0 saturated heterocycles. The largest absolute Gasteiger partial charge is 0.497 e. The standard InChI is InChI=1S/C17H19NO2/c1-3-4-14-20-18(15-8-6-5-7-9-15)16-10-12-17(19-2)13-11-16/h3,5-13H,1,4,14H2,2H3. The summed E-state index contributed by atoms with van der Waals surface area (Å²) in [6, 6.07) is 17.8. The summed E-state index contributed by atoms with van der Waals surface area (Å²) in [5, 5.41) is 1.82. The molecule has 0 bridgehead atoms. The third-order valence-corrected chi connectivity index (χ3v) is 2.84. The Labute approximate surface area is 120 Å². The van der Waals surface area contributed by atoms with Crippen molar-refractivity contribution < 1.29 is 9.57 Å². The van der Waals surface area contributed by atoms with Crippen molar-refractivity contribution in [2.75, 3.05) is 18.8 Å². The van der Waals surface area contributed by atoms with Crippen LogP contribution in [0.5, 0.6) is 5.75 Å². The van der Waals surface area contributed by atoms with E-state index < -0.39 is 0 Å². The molecule has 3 nitrogen and oxygen atoms in total. The quantitative estimate of drug-likeness (QED) is 0.424. The number of para-hydroxylation sites is 1. The van der Waals surface area contributed by atoms with Crippen LogP contribution in [0, 0.1) is 0 Å². The van der Waals surface area contributed by atoms with Gasteiger partial charge in [-0.3, -0.25) is 4.84 Å². The number of nitrogens with zero attached hydrogens (tertiary/aromatic N) is 1. The van der Waals surface area contributed by atoms with Gasteiger partial charge in [0, 0.05) is 0 Å². The first-order valence-electron chi connectivity index (χ1n) is 6.58. The highest BCUT2D eigenvalue weighted by Crippen LogP contribution is 2.27. The monoisotopic (exact) mass is 269 g/mol. The summed E-state index contributed by atoms with van der Waals surface area (Å²) in [5.41, 5.74) is 1.95. The molecule has 0 amide bonds. The maximum Gasteiger partial charge on any atom is 0.119 e. The number of hydrogen-bond acceptors (Lipinski definition) is 3. The Morgan fingerprint density at radius 3 is 2.25 bits per heavy atom. The molecule has 0 atom stereocenters. The van der Waals surface area contributed by atoms with Gasteiger partial charge in [-0.05, 0) is 42.8 Å². The maximum absolute atomic E-state index is 5.85. The molecule has 0 heterocycles. The molecule has 0 aliphatic heterocycles. The molecular weight excluding hydrogens is 250 g/mol. The van der Waals surface area contributed by atoms with Crippen LogP contribution in [-0.2, 0) is 4.84 Å². The van der Waals surface area contributed by atoms with Crippen molar-refractivity contribution in [1.82, 2.24) is 0 Å². The molecule has 0 unspecified atom stereocenters. The molecule has 0 saturated carbocycles. The highest BCUT2D eigenvalue weighted by molar-refractivity contribution is 5.61. The lowest BCUT2D eigenvalue weighted by Crippen LogP contribution is -2.18. The molecule has 0 aliphatic carbocycles. The van der Waals surface area contributed by atoms with E-state index >= 15 is 0 Å². The Morgan fingerprint density at radius 1 is 1.00 bits per heavy atom. The lowest BCUT2D eigenvalue weighted by atomic mass is 10.2. The van der Waals surface area contributed by atoms with Crippen LogP contribution in [0.15, 0.2) is 67.3 Å². The highest BCUT2D eigenvalue weighted by Gasteiger charge is 2.09. The molecule has 2 aromatic carbocycles. The van der Waals surface area contributed by atoms with Crippen LogP contribution in [0.3, 0.4) is 0 Å². The van der Waals surface area contributed by atoms with Crippen LogP contribution in [-0.4, -0.2) is 13.7 Å². The van der Waals surface area contributed by atoms with E-state index in [1.54, 1.807) is 7.11 Å². The third kappa shape index (κ3) is 3.62. The molecule has 2 aromatic rings. The Balaban J connectivity index is 2.22. The first-order chi connectivity index (χ1) is 9.85. The predicted molar refractivity (Wildman–Crippen MR) is 82.3 cm³/mol.